The van der Waals surface area contributed by atoms with Crippen LogP contribution in [0, 0.1) is 17.0 Å². The van der Waals surface area contributed by atoms with Gasteiger partial charge in [0.1, 0.15) is 6.10 Å². The van der Waals surface area contributed by atoms with Crippen LogP contribution in [-0.2, 0) is 4.74 Å². The van der Waals surface area contributed by atoms with Crippen molar-refractivity contribution < 1.29 is 9.66 Å². The molecule has 0 radical (unpaired) electrons. The van der Waals surface area contributed by atoms with Crippen LogP contribution in [0.2, 0.25) is 0 Å². The molecule has 1 saturated heterocycles. The van der Waals surface area contributed by atoms with Gasteiger partial charge in [-0.1, -0.05) is 29.8 Å². The third-order valence-electron chi connectivity index (χ3n) is 2.37. The number of nitrogens with one attached hydrogen (secondary N) is 1. The fraction of sp³-hybridized carbons (Fsp3) is 0.273. The lowest BCUT2D eigenvalue weighted by Gasteiger charge is -2.08. The van der Waals surface area contributed by atoms with E-state index in [0.29, 0.717) is 6.54 Å². The second-order valence-corrected chi connectivity index (χ2v) is 3.68. The Kier molecular flexibility index (Phi) is 2.76. The van der Waals surface area contributed by atoms with E-state index in [4.69, 9.17) is 4.74 Å². The highest BCUT2D eigenvalue weighted by Crippen LogP contribution is 2.24. The SMILES string of the molecule is Cc1cccc(C2CNC(=C[N+](=O)[O-])O2)c1. The Morgan fingerprint density at radius 2 is 2.44 bits per heavy atom. The van der Waals surface area contributed by atoms with Crippen LogP contribution in [0.15, 0.2) is 36.3 Å². The highest BCUT2D eigenvalue weighted by atomic mass is 16.6. The van der Waals surface area contributed by atoms with E-state index in [9.17, 15) is 10.1 Å². The average molecular weight is 220 g/mol. The number of nitro groups is 1. The summed E-state index contributed by atoms with van der Waals surface area (Å²) in [7, 11) is 0. The molecule has 1 heterocycles. The first-order valence-electron chi connectivity index (χ1n) is 4.97. The lowest BCUT2D eigenvalue weighted by molar-refractivity contribution is -0.405. The molecule has 1 N–H and O–H groups in total. The van der Waals surface area contributed by atoms with Crippen molar-refractivity contribution in [2.24, 2.45) is 0 Å². The molecule has 1 aliphatic rings. The molecule has 1 unspecified atom stereocenters. The van der Waals surface area contributed by atoms with Crippen LogP contribution in [0.25, 0.3) is 0 Å². The fourth-order valence-corrected chi connectivity index (χ4v) is 1.66. The molecule has 1 aliphatic heterocycles. The van der Waals surface area contributed by atoms with Crippen molar-refractivity contribution in [3.63, 3.8) is 0 Å². The van der Waals surface area contributed by atoms with E-state index >= 15 is 0 Å². The van der Waals surface area contributed by atoms with E-state index in [1.807, 2.05) is 31.2 Å². The highest BCUT2D eigenvalue weighted by Gasteiger charge is 2.23. The molecule has 1 atom stereocenters. The summed E-state index contributed by atoms with van der Waals surface area (Å²) in [4.78, 5) is 9.73. The van der Waals surface area contributed by atoms with Gasteiger partial charge in [0.15, 0.2) is 0 Å². The van der Waals surface area contributed by atoms with Crippen LogP contribution in [0.5, 0.6) is 0 Å². The van der Waals surface area contributed by atoms with Crippen LogP contribution >= 0.6 is 0 Å². The summed E-state index contributed by atoms with van der Waals surface area (Å²) in [5.41, 5.74) is 2.17. The number of rotatable bonds is 2. The molecule has 0 saturated carbocycles. The van der Waals surface area contributed by atoms with Crippen molar-refractivity contribution in [1.29, 1.82) is 0 Å². The number of benzene rings is 1. The monoisotopic (exact) mass is 220 g/mol. The number of hydrogen-bond acceptors (Lipinski definition) is 4. The van der Waals surface area contributed by atoms with Gasteiger partial charge in [-0.2, -0.15) is 0 Å². The molecule has 0 spiro atoms. The first-order valence-corrected chi connectivity index (χ1v) is 4.97. The van der Waals surface area contributed by atoms with E-state index in [1.165, 1.54) is 0 Å². The summed E-state index contributed by atoms with van der Waals surface area (Å²) < 4.78 is 5.42. The Bertz CT molecular complexity index is 443. The molecule has 2 rings (SSSR count). The maximum absolute atomic E-state index is 10.3. The Balaban J connectivity index is 2.12. The molecule has 1 fully saturated rings. The summed E-state index contributed by atoms with van der Waals surface area (Å²) in [5, 5.41) is 13.1. The van der Waals surface area contributed by atoms with Crippen molar-refractivity contribution in [3.05, 3.63) is 57.6 Å². The number of aryl methyl sites for hydroxylation is 1. The van der Waals surface area contributed by atoms with Gasteiger partial charge in [-0.05, 0) is 12.5 Å². The molecule has 1 aromatic carbocycles. The summed E-state index contributed by atoms with van der Waals surface area (Å²) in [6.07, 6.45) is 0.696. The third-order valence-corrected chi connectivity index (χ3v) is 2.37. The molecular formula is C11H12N2O3. The molecule has 0 aliphatic carbocycles. The van der Waals surface area contributed by atoms with Crippen LogP contribution in [0.3, 0.4) is 0 Å². The van der Waals surface area contributed by atoms with Gasteiger partial charge < -0.3 is 10.1 Å². The first kappa shape index (κ1) is 10.5. The van der Waals surface area contributed by atoms with Gasteiger partial charge in [-0.25, -0.2) is 0 Å². The normalized spacial score (nSPS) is 21.6. The maximum atomic E-state index is 10.3. The zero-order valence-corrected chi connectivity index (χ0v) is 8.84. The van der Waals surface area contributed by atoms with Crippen LogP contribution < -0.4 is 5.32 Å². The van der Waals surface area contributed by atoms with Gasteiger partial charge in [-0.3, -0.25) is 10.1 Å². The first-order chi connectivity index (χ1) is 7.65. The van der Waals surface area contributed by atoms with Gasteiger partial charge in [0.25, 0.3) is 12.1 Å². The van der Waals surface area contributed by atoms with Crippen molar-refractivity contribution in [2.75, 3.05) is 6.54 Å². The number of hydrogen-bond donors (Lipinski definition) is 1. The summed E-state index contributed by atoms with van der Waals surface area (Å²) in [5.74, 6) is 0.219. The van der Waals surface area contributed by atoms with Gasteiger partial charge in [0, 0.05) is 0 Å². The minimum Gasteiger partial charge on any atom is -0.465 e. The quantitative estimate of drug-likeness (QED) is 0.609. The van der Waals surface area contributed by atoms with Crippen molar-refractivity contribution in [1.82, 2.24) is 5.32 Å². The van der Waals surface area contributed by atoms with Crippen LogP contribution in [0.4, 0.5) is 0 Å². The zero-order chi connectivity index (χ0) is 11.5. The van der Waals surface area contributed by atoms with E-state index in [-0.39, 0.29) is 12.0 Å². The molecular weight excluding hydrogens is 208 g/mol. The minimum atomic E-state index is -0.527. The molecule has 84 valence electrons. The van der Waals surface area contributed by atoms with E-state index in [1.54, 1.807) is 0 Å². The predicted molar refractivity (Wildman–Crippen MR) is 58.1 cm³/mol. The highest BCUT2D eigenvalue weighted by molar-refractivity contribution is 5.25. The second-order valence-electron chi connectivity index (χ2n) is 3.68. The van der Waals surface area contributed by atoms with Gasteiger partial charge in [0.05, 0.1) is 11.5 Å². The topological polar surface area (TPSA) is 64.4 Å². The molecule has 0 bridgehead atoms. The molecule has 5 nitrogen and oxygen atoms in total. The van der Waals surface area contributed by atoms with Crippen LogP contribution in [0.1, 0.15) is 17.2 Å². The fourth-order valence-electron chi connectivity index (χ4n) is 1.66. The summed E-state index contributed by atoms with van der Waals surface area (Å²) in [6.45, 7) is 2.56. The lowest BCUT2D eigenvalue weighted by Crippen LogP contribution is -2.08. The van der Waals surface area contributed by atoms with E-state index in [0.717, 1.165) is 17.3 Å². The van der Waals surface area contributed by atoms with E-state index in [2.05, 4.69) is 5.32 Å². The summed E-state index contributed by atoms with van der Waals surface area (Å²) in [6, 6.07) is 7.92. The van der Waals surface area contributed by atoms with Crippen LogP contribution in [-0.4, -0.2) is 11.5 Å². The molecule has 16 heavy (non-hydrogen) atoms. The molecule has 1 aromatic rings. The van der Waals surface area contributed by atoms with Crippen molar-refractivity contribution in [3.8, 4) is 0 Å². The molecule has 5 heteroatoms. The Labute approximate surface area is 92.9 Å². The Morgan fingerprint density at radius 3 is 3.12 bits per heavy atom. The molecule has 0 amide bonds. The van der Waals surface area contributed by atoms with Crippen molar-refractivity contribution >= 4 is 0 Å². The Hall–Kier alpha value is -2.04. The predicted octanol–water partition coefficient (Wildman–Crippen LogP) is 1.73. The Morgan fingerprint density at radius 1 is 1.62 bits per heavy atom. The standard InChI is InChI=1S/C11H12N2O3/c1-8-3-2-4-9(5-8)10-6-12-11(16-10)7-13(14)15/h2-5,7,10,12H,6H2,1H3. The second kappa shape index (κ2) is 4.22. The minimum absolute atomic E-state index is 0.147. The lowest BCUT2D eigenvalue weighted by atomic mass is 10.1. The molecule has 0 aromatic heterocycles. The number of nitrogens with zero attached hydrogens (tertiary/aromatic N) is 1. The van der Waals surface area contributed by atoms with Gasteiger partial charge in [0.2, 0.25) is 0 Å². The summed E-state index contributed by atoms with van der Waals surface area (Å²) >= 11 is 0. The largest absolute Gasteiger partial charge is 0.465 e. The maximum Gasteiger partial charge on any atom is 0.293 e. The number of ether oxygens (including phenoxy) is 1. The zero-order valence-electron chi connectivity index (χ0n) is 8.84. The van der Waals surface area contributed by atoms with E-state index < -0.39 is 4.92 Å². The van der Waals surface area contributed by atoms with Crippen molar-refractivity contribution in [2.45, 2.75) is 13.0 Å². The smallest absolute Gasteiger partial charge is 0.293 e. The van der Waals surface area contributed by atoms with Gasteiger partial charge >= 0.3 is 0 Å². The average Bonchev–Trinajstić information content (AvgIpc) is 2.65. The third kappa shape index (κ3) is 2.31. The van der Waals surface area contributed by atoms with Gasteiger partial charge in [-0.15, -0.1) is 0 Å².